The van der Waals surface area contributed by atoms with Crippen LogP contribution in [0.3, 0.4) is 0 Å². The maximum atomic E-state index is 13.0. The van der Waals surface area contributed by atoms with Gasteiger partial charge in [0.2, 0.25) is 0 Å². The standard InChI is InChI=1S/C19H22N2O2S/c1-12(2)14-5-7-15(8-6-14)16-11-24-18-17(16)19(22)21(9-10-23-4)13(3)20-18/h5-8,11-12H,9-10H2,1-4H3. The fourth-order valence-electron chi connectivity index (χ4n) is 2.83. The van der Waals surface area contributed by atoms with Crippen molar-refractivity contribution in [2.75, 3.05) is 13.7 Å². The Bertz CT molecular complexity index is 908. The zero-order valence-electron chi connectivity index (χ0n) is 14.5. The highest BCUT2D eigenvalue weighted by molar-refractivity contribution is 7.17. The summed E-state index contributed by atoms with van der Waals surface area (Å²) in [7, 11) is 1.64. The molecule has 126 valence electrons. The van der Waals surface area contributed by atoms with E-state index in [4.69, 9.17) is 4.74 Å². The summed E-state index contributed by atoms with van der Waals surface area (Å²) in [4.78, 5) is 18.4. The molecule has 0 aliphatic heterocycles. The van der Waals surface area contributed by atoms with Gasteiger partial charge in [0.05, 0.1) is 18.5 Å². The van der Waals surface area contributed by atoms with Crippen LogP contribution in [0.2, 0.25) is 0 Å². The van der Waals surface area contributed by atoms with E-state index in [2.05, 4.69) is 43.1 Å². The molecule has 0 radical (unpaired) electrons. The molecule has 2 heterocycles. The van der Waals surface area contributed by atoms with Crippen LogP contribution in [0.4, 0.5) is 0 Å². The summed E-state index contributed by atoms with van der Waals surface area (Å²) in [5.41, 5.74) is 3.34. The minimum absolute atomic E-state index is 0.0127. The normalized spacial score (nSPS) is 11.5. The number of nitrogens with zero attached hydrogens (tertiary/aromatic N) is 2. The van der Waals surface area contributed by atoms with Gasteiger partial charge in [-0.05, 0) is 24.0 Å². The molecule has 0 aliphatic carbocycles. The highest BCUT2D eigenvalue weighted by Gasteiger charge is 2.15. The van der Waals surface area contributed by atoms with Crippen LogP contribution in [0.15, 0.2) is 34.4 Å². The van der Waals surface area contributed by atoms with E-state index < -0.39 is 0 Å². The number of aromatic nitrogens is 2. The molecule has 3 aromatic rings. The van der Waals surface area contributed by atoms with Gasteiger partial charge in [-0.15, -0.1) is 11.3 Å². The first kappa shape index (κ1) is 16.9. The molecule has 4 nitrogen and oxygen atoms in total. The van der Waals surface area contributed by atoms with E-state index in [9.17, 15) is 4.79 Å². The Balaban J connectivity index is 2.13. The van der Waals surface area contributed by atoms with Crippen molar-refractivity contribution in [2.24, 2.45) is 0 Å². The van der Waals surface area contributed by atoms with E-state index in [-0.39, 0.29) is 5.56 Å². The predicted molar refractivity (Wildman–Crippen MR) is 100 cm³/mol. The summed E-state index contributed by atoms with van der Waals surface area (Å²) < 4.78 is 6.81. The average molecular weight is 342 g/mol. The second-order valence-corrected chi connectivity index (χ2v) is 7.07. The maximum absolute atomic E-state index is 13.0. The molecule has 2 aromatic heterocycles. The van der Waals surface area contributed by atoms with Crippen LogP contribution in [0.5, 0.6) is 0 Å². The quantitative estimate of drug-likeness (QED) is 0.698. The SMILES string of the molecule is COCCn1c(C)nc2scc(-c3ccc(C(C)C)cc3)c2c1=O. The van der Waals surface area contributed by atoms with Crippen molar-refractivity contribution in [3.8, 4) is 11.1 Å². The number of rotatable bonds is 5. The number of thiophene rings is 1. The van der Waals surface area contributed by atoms with Crippen LogP contribution >= 0.6 is 11.3 Å². The predicted octanol–water partition coefficient (Wildman–Crippen LogP) is 4.20. The number of methoxy groups -OCH3 is 1. The number of hydrogen-bond acceptors (Lipinski definition) is 4. The summed E-state index contributed by atoms with van der Waals surface area (Å²) in [6.45, 7) is 7.24. The first-order valence-electron chi connectivity index (χ1n) is 8.10. The van der Waals surface area contributed by atoms with Gasteiger partial charge in [-0.1, -0.05) is 38.1 Å². The smallest absolute Gasteiger partial charge is 0.262 e. The Labute approximate surface area is 145 Å². The molecule has 0 N–H and O–H groups in total. The number of ether oxygens (including phenoxy) is 1. The van der Waals surface area contributed by atoms with Crippen molar-refractivity contribution in [3.63, 3.8) is 0 Å². The van der Waals surface area contributed by atoms with Crippen molar-refractivity contribution in [3.05, 3.63) is 51.4 Å². The molecular formula is C19H22N2O2S. The topological polar surface area (TPSA) is 44.1 Å². The van der Waals surface area contributed by atoms with Crippen LogP contribution in [-0.2, 0) is 11.3 Å². The van der Waals surface area contributed by atoms with Crippen molar-refractivity contribution < 1.29 is 4.74 Å². The monoisotopic (exact) mass is 342 g/mol. The maximum Gasteiger partial charge on any atom is 0.262 e. The third kappa shape index (κ3) is 3.01. The summed E-state index contributed by atoms with van der Waals surface area (Å²) in [6, 6.07) is 8.45. The van der Waals surface area contributed by atoms with E-state index >= 15 is 0 Å². The minimum Gasteiger partial charge on any atom is -0.383 e. The van der Waals surface area contributed by atoms with Gasteiger partial charge in [0, 0.05) is 18.1 Å². The number of hydrogen-bond donors (Lipinski definition) is 0. The third-order valence-electron chi connectivity index (χ3n) is 4.29. The molecule has 3 rings (SSSR count). The van der Waals surface area contributed by atoms with Crippen molar-refractivity contribution >= 4 is 21.6 Å². The molecule has 0 unspecified atom stereocenters. The first-order chi connectivity index (χ1) is 11.5. The molecule has 0 fully saturated rings. The van der Waals surface area contributed by atoms with E-state index in [1.54, 1.807) is 11.7 Å². The van der Waals surface area contributed by atoms with E-state index in [1.807, 2.05) is 12.3 Å². The largest absolute Gasteiger partial charge is 0.383 e. The Kier molecular flexibility index (Phi) is 4.83. The zero-order chi connectivity index (χ0) is 17.3. The molecule has 0 aliphatic rings. The van der Waals surface area contributed by atoms with Gasteiger partial charge >= 0.3 is 0 Å². The Morgan fingerprint density at radius 3 is 2.58 bits per heavy atom. The molecule has 0 amide bonds. The molecule has 0 saturated heterocycles. The second-order valence-electron chi connectivity index (χ2n) is 6.21. The van der Waals surface area contributed by atoms with Crippen molar-refractivity contribution in [1.29, 1.82) is 0 Å². The van der Waals surface area contributed by atoms with Gasteiger partial charge in [-0.25, -0.2) is 4.98 Å². The molecule has 0 atom stereocenters. The first-order valence-corrected chi connectivity index (χ1v) is 8.98. The number of aryl methyl sites for hydroxylation is 1. The van der Waals surface area contributed by atoms with Crippen LogP contribution < -0.4 is 5.56 Å². The molecule has 1 aromatic carbocycles. The van der Waals surface area contributed by atoms with Gasteiger partial charge in [-0.2, -0.15) is 0 Å². The Morgan fingerprint density at radius 2 is 1.96 bits per heavy atom. The fraction of sp³-hybridized carbons (Fsp3) is 0.368. The Hall–Kier alpha value is -1.98. The molecule has 0 saturated carbocycles. The van der Waals surface area contributed by atoms with Crippen LogP contribution in [0, 0.1) is 6.92 Å². The summed E-state index contributed by atoms with van der Waals surface area (Å²) >= 11 is 1.52. The van der Waals surface area contributed by atoms with E-state index in [0.717, 1.165) is 21.8 Å². The lowest BCUT2D eigenvalue weighted by Gasteiger charge is -2.10. The highest BCUT2D eigenvalue weighted by Crippen LogP contribution is 2.31. The lowest BCUT2D eigenvalue weighted by Crippen LogP contribution is -2.25. The van der Waals surface area contributed by atoms with Crippen molar-refractivity contribution in [1.82, 2.24) is 9.55 Å². The zero-order valence-corrected chi connectivity index (χ0v) is 15.3. The summed E-state index contributed by atoms with van der Waals surface area (Å²) in [5, 5.41) is 2.74. The van der Waals surface area contributed by atoms with Gasteiger partial charge in [0.15, 0.2) is 0 Å². The minimum atomic E-state index is 0.0127. The highest BCUT2D eigenvalue weighted by atomic mass is 32.1. The average Bonchev–Trinajstić information content (AvgIpc) is 2.98. The molecule has 24 heavy (non-hydrogen) atoms. The molecule has 0 bridgehead atoms. The third-order valence-corrected chi connectivity index (χ3v) is 5.16. The van der Waals surface area contributed by atoms with Gasteiger partial charge < -0.3 is 4.74 Å². The lowest BCUT2D eigenvalue weighted by molar-refractivity contribution is 0.185. The fourth-order valence-corrected chi connectivity index (χ4v) is 3.82. The molecule has 5 heteroatoms. The lowest BCUT2D eigenvalue weighted by atomic mass is 9.99. The molecular weight excluding hydrogens is 320 g/mol. The van der Waals surface area contributed by atoms with Crippen LogP contribution in [0.25, 0.3) is 21.3 Å². The summed E-state index contributed by atoms with van der Waals surface area (Å²) in [6.07, 6.45) is 0. The van der Waals surface area contributed by atoms with E-state index in [0.29, 0.717) is 24.5 Å². The van der Waals surface area contributed by atoms with Crippen molar-refractivity contribution in [2.45, 2.75) is 33.2 Å². The van der Waals surface area contributed by atoms with Crippen LogP contribution in [-0.4, -0.2) is 23.3 Å². The van der Waals surface area contributed by atoms with Gasteiger partial charge in [-0.3, -0.25) is 9.36 Å². The number of benzene rings is 1. The Morgan fingerprint density at radius 1 is 1.25 bits per heavy atom. The van der Waals surface area contributed by atoms with E-state index in [1.165, 1.54) is 16.9 Å². The van der Waals surface area contributed by atoms with Gasteiger partial charge in [0.1, 0.15) is 10.7 Å². The number of fused-ring (bicyclic) bond motifs is 1. The second kappa shape index (κ2) is 6.87. The van der Waals surface area contributed by atoms with Crippen LogP contribution in [0.1, 0.15) is 31.2 Å². The van der Waals surface area contributed by atoms with Gasteiger partial charge in [0.25, 0.3) is 5.56 Å². The molecule has 0 spiro atoms. The summed E-state index contributed by atoms with van der Waals surface area (Å²) in [5.74, 6) is 1.22.